The molecule has 14 heavy (non-hydrogen) atoms. The van der Waals surface area contributed by atoms with Crippen LogP contribution < -0.4 is 5.73 Å². The van der Waals surface area contributed by atoms with Crippen molar-refractivity contribution in [3.63, 3.8) is 0 Å². The Balaban J connectivity index is 2.78. The first-order chi connectivity index (χ1) is 6.59. The number of nitrogens with zero attached hydrogens (tertiary/aromatic N) is 2. The molecule has 0 aliphatic rings. The predicted molar refractivity (Wildman–Crippen MR) is 57.1 cm³/mol. The minimum absolute atomic E-state index is 0.344. The van der Waals surface area contributed by atoms with E-state index in [2.05, 4.69) is 28.8 Å². The van der Waals surface area contributed by atoms with Crippen molar-refractivity contribution in [2.24, 2.45) is 0 Å². The molecule has 3 N–H and O–H groups in total. The highest BCUT2D eigenvalue weighted by atomic mass is 15.0. The summed E-state index contributed by atoms with van der Waals surface area (Å²) in [4.78, 5) is 11.5. The lowest BCUT2D eigenvalue weighted by atomic mass is 10.1. The van der Waals surface area contributed by atoms with Gasteiger partial charge in [0, 0.05) is 6.20 Å². The highest BCUT2D eigenvalue weighted by Crippen LogP contribution is 2.25. The summed E-state index contributed by atoms with van der Waals surface area (Å²) in [6.45, 7) is 6.20. The average Bonchev–Trinajstić information content (AvgIpc) is 2.47. The number of hydrogen-bond acceptors (Lipinski definition) is 3. The lowest BCUT2D eigenvalue weighted by molar-refractivity contribution is 0.872. The number of rotatable bonds is 1. The van der Waals surface area contributed by atoms with Crippen LogP contribution in [0.5, 0.6) is 0 Å². The maximum Gasteiger partial charge on any atom is 0.220 e. The van der Waals surface area contributed by atoms with Crippen LogP contribution in [-0.2, 0) is 0 Å². The summed E-state index contributed by atoms with van der Waals surface area (Å²) in [6.07, 6.45) is 1.98. The Labute approximate surface area is 82.6 Å². The number of nitrogens with two attached hydrogens (primary N) is 1. The van der Waals surface area contributed by atoms with Gasteiger partial charge in [0.2, 0.25) is 5.95 Å². The van der Waals surface area contributed by atoms with Crippen molar-refractivity contribution < 1.29 is 0 Å². The molecule has 0 saturated heterocycles. The fraction of sp³-hybridized carbons (Fsp3) is 0.400. The molecule has 4 heteroatoms. The maximum atomic E-state index is 5.62. The molecule has 2 rings (SSSR count). The van der Waals surface area contributed by atoms with Crippen LogP contribution in [-0.4, -0.2) is 15.0 Å². The number of anilines is 1. The van der Waals surface area contributed by atoms with Gasteiger partial charge in [-0.1, -0.05) is 13.8 Å². The molecule has 0 saturated carbocycles. The number of nitrogen functional groups attached to an aromatic ring is 1. The molecule has 2 heterocycles. The SMILES string of the molecule is Cc1nc(N)nc2c(C(C)C)c[nH]c12. The number of H-pyrrole nitrogens is 1. The Morgan fingerprint density at radius 3 is 2.71 bits per heavy atom. The first-order valence-electron chi connectivity index (χ1n) is 4.70. The zero-order valence-electron chi connectivity index (χ0n) is 8.63. The van der Waals surface area contributed by atoms with E-state index in [4.69, 9.17) is 5.73 Å². The minimum atomic E-state index is 0.344. The lowest BCUT2D eigenvalue weighted by Gasteiger charge is -2.02. The van der Waals surface area contributed by atoms with Crippen molar-refractivity contribution in [3.05, 3.63) is 17.5 Å². The molecule has 0 spiro atoms. The first-order valence-corrected chi connectivity index (χ1v) is 4.70. The Bertz CT molecular complexity index is 470. The third-order valence-electron chi connectivity index (χ3n) is 2.37. The summed E-state index contributed by atoms with van der Waals surface area (Å²) >= 11 is 0. The molecule has 0 aliphatic heterocycles. The molecule has 0 atom stereocenters. The van der Waals surface area contributed by atoms with Gasteiger partial charge in [-0.25, -0.2) is 9.97 Å². The summed E-state index contributed by atoms with van der Waals surface area (Å²) in [7, 11) is 0. The second kappa shape index (κ2) is 2.97. The van der Waals surface area contributed by atoms with Gasteiger partial charge in [-0.3, -0.25) is 0 Å². The van der Waals surface area contributed by atoms with Gasteiger partial charge in [-0.05, 0) is 18.4 Å². The monoisotopic (exact) mass is 190 g/mol. The third kappa shape index (κ3) is 1.23. The smallest absolute Gasteiger partial charge is 0.220 e. The number of hydrogen-bond donors (Lipinski definition) is 2. The quantitative estimate of drug-likeness (QED) is 0.722. The normalized spacial score (nSPS) is 11.4. The largest absolute Gasteiger partial charge is 0.368 e. The summed E-state index contributed by atoms with van der Waals surface area (Å²) in [5.41, 5.74) is 9.65. The summed E-state index contributed by atoms with van der Waals surface area (Å²) in [5.74, 6) is 0.786. The number of nitrogens with one attached hydrogen (secondary N) is 1. The van der Waals surface area contributed by atoms with Gasteiger partial charge >= 0.3 is 0 Å². The van der Waals surface area contributed by atoms with Crippen molar-refractivity contribution in [1.82, 2.24) is 15.0 Å². The number of aromatic amines is 1. The van der Waals surface area contributed by atoms with E-state index in [1.807, 2.05) is 13.1 Å². The second-order valence-electron chi connectivity index (χ2n) is 3.79. The standard InChI is InChI=1S/C10H14N4/c1-5(2)7-4-12-8-6(3)13-10(11)14-9(7)8/h4-5,12H,1-3H3,(H2,11,13,14). The topological polar surface area (TPSA) is 67.6 Å². The molecule has 2 aromatic heterocycles. The third-order valence-corrected chi connectivity index (χ3v) is 2.37. The second-order valence-corrected chi connectivity index (χ2v) is 3.79. The van der Waals surface area contributed by atoms with E-state index in [-0.39, 0.29) is 0 Å². The molecule has 0 amide bonds. The summed E-state index contributed by atoms with van der Waals surface area (Å²) in [5, 5.41) is 0. The highest BCUT2D eigenvalue weighted by Gasteiger charge is 2.11. The Morgan fingerprint density at radius 2 is 2.07 bits per heavy atom. The Hall–Kier alpha value is -1.58. The number of aryl methyl sites for hydroxylation is 1. The molecule has 2 aromatic rings. The minimum Gasteiger partial charge on any atom is -0.368 e. The fourth-order valence-electron chi connectivity index (χ4n) is 1.63. The van der Waals surface area contributed by atoms with E-state index in [9.17, 15) is 0 Å². The van der Waals surface area contributed by atoms with Gasteiger partial charge in [0.25, 0.3) is 0 Å². The molecule has 0 bridgehead atoms. The molecule has 4 nitrogen and oxygen atoms in total. The lowest BCUT2D eigenvalue weighted by Crippen LogP contribution is -1.98. The number of fused-ring (bicyclic) bond motifs is 1. The van der Waals surface area contributed by atoms with Gasteiger partial charge in [0.1, 0.15) is 0 Å². The fourth-order valence-corrected chi connectivity index (χ4v) is 1.63. The van der Waals surface area contributed by atoms with E-state index < -0.39 is 0 Å². The van der Waals surface area contributed by atoms with Crippen LogP contribution >= 0.6 is 0 Å². The van der Waals surface area contributed by atoms with Gasteiger partial charge in [0.05, 0.1) is 16.7 Å². The maximum absolute atomic E-state index is 5.62. The average molecular weight is 190 g/mol. The van der Waals surface area contributed by atoms with Crippen molar-refractivity contribution in [3.8, 4) is 0 Å². The Morgan fingerprint density at radius 1 is 1.36 bits per heavy atom. The van der Waals surface area contributed by atoms with Gasteiger partial charge in [-0.15, -0.1) is 0 Å². The molecule has 0 aromatic carbocycles. The summed E-state index contributed by atoms with van der Waals surface area (Å²) in [6, 6.07) is 0. The predicted octanol–water partition coefficient (Wildman–Crippen LogP) is 1.97. The molecular formula is C10H14N4. The van der Waals surface area contributed by atoms with Crippen molar-refractivity contribution in [2.45, 2.75) is 26.7 Å². The zero-order valence-corrected chi connectivity index (χ0v) is 8.63. The van der Waals surface area contributed by atoms with E-state index in [0.29, 0.717) is 11.9 Å². The molecule has 0 unspecified atom stereocenters. The van der Waals surface area contributed by atoms with E-state index >= 15 is 0 Å². The first kappa shape index (κ1) is 8.99. The van der Waals surface area contributed by atoms with Crippen LogP contribution in [0.4, 0.5) is 5.95 Å². The van der Waals surface area contributed by atoms with Crippen LogP contribution in [0, 0.1) is 6.92 Å². The molecule has 0 fully saturated rings. The van der Waals surface area contributed by atoms with Crippen molar-refractivity contribution >= 4 is 17.0 Å². The van der Waals surface area contributed by atoms with Crippen LogP contribution in [0.2, 0.25) is 0 Å². The number of aromatic nitrogens is 3. The van der Waals surface area contributed by atoms with Crippen LogP contribution in [0.3, 0.4) is 0 Å². The highest BCUT2D eigenvalue weighted by molar-refractivity contribution is 5.82. The molecule has 74 valence electrons. The van der Waals surface area contributed by atoms with Crippen LogP contribution in [0.15, 0.2) is 6.20 Å². The van der Waals surface area contributed by atoms with Crippen LogP contribution in [0.25, 0.3) is 11.0 Å². The molecular weight excluding hydrogens is 176 g/mol. The molecule has 0 aliphatic carbocycles. The van der Waals surface area contributed by atoms with Gasteiger partial charge < -0.3 is 10.7 Å². The van der Waals surface area contributed by atoms with E-state index in [1.54, 1.807) is 0 Å². The molecule has 0 radical (unpaired) electrons. The Kier molecular flexibility index (Phi) is 1.91. The van der Waals surface area contributed by atoms with Crippen molar-refractivity contribution in [1.29, 1.82) is 0 Å². The van der Waals surface area contributed by atoms with E-state index in [1.165, 1.54) is 5.56 Å². The van der Waals surface area contributed by atoms with Crippen LogP contribution in [0.1, 0.15) is 31.0 Å². The van der Waals surface area contributed by atoms with Gasteiger partial charge in [0.15, 0.2) is 0 Å². The van der Waals surface area contributed by atoms with E-state index in [0.717, 1.165) is 16.7 Å². The van der Waals surface area contributed by atoms with Crippen molar-refractivity contribution in [2.75, 3.05) is 5.73 Å². The van der Waals surface area contributed by atoms with Gasteiger partial charge in [-0.2, -0.15) is 0 Å². The zero-order chi connectivity index (χ0) is 10.3. The summed E-state index contributed by atoms with van der Waals surface area (Å²) < 4.78 is 0.